The van der Waals surface area contributed by atoms with Crippen LogP contribution in [0.1, 0.15) is 52.4 Å². The van der Waals surface area contributed by atoms with E-state index >= 15 is 0 Å². The van der Waals surface area contributed by atoms with Gasteiger partial charge in [0.05, 0.1) is 0 Å². The molecule has 80 valence electrons. The lowest BCUT2D eigenvalue weighted by molar-refractivity contribution is -0.123. The van der Waals surface area contributed by atoms with Gasteiger partial charge in [-0.05, 0) is 32.1 Å². The van der Waals surface area contributed by atoms with Gasteiger partial charge in [-0.1, -0.05) is 7.43 Å². The van der Waals surface area contributed by atoms with E-state index in [4.69, 9.17) is 0 Å². The maximum Gasteiger partial charge on any atom is 0.136 e. The summed E-state index contributed by atoms with van der Waals surface area (Å²) in [6.45, 7) is 0. The van der Waals surface area contributed by atoms with Crippen molar-refractivity contribution in [3.8, 4) is 0 Å². The lowest BCUT2D eigenvalue weighted by atomic mass is 9.97. The quantitative estimate of drug-likeness (QED) is 0.597. The second-order valence-corrected chi connectivity index (χ2v) is 4.35. The highest BCUT2D eigenvalue weighted by molar-refractivity contribution is 5.86. The Morgan fingerprint density at radius 1 is 0.857 bits per heavy atom. The lowest BCUT2D eigenvalue weighted by Gasteiger charge is -2.05. The van der Waals surface area contributed by atoms with Crippen LogP contribution in [0, 0.1) is 11.8 Å². The van der Waals surface area contributed by atoms with Crippen LogP contribution in [0.15, 0.2) is 0 Å². The molecule has 14 heavy (non-hydrogen) atoms. The topological polar surface area (TPSA) is 34.1 Å². The van der Waals surface area contributed by atoms with Crippen molar-refractivity contribution in [2.75, 3.05) is 0 Å². The van der Waals surface area contributed by atoms with Crippen LogP contribution in [0.2, 0.25) is 0 Å². The number of carbonyl (C=O) groups is 2. The molecule has 0 amide bonds. The summed E-state index contributed by atoms with van der Waals surface area (Å²) in [6.07, 6.45) is 6.07. The zero-order chi connectivity index (χ0) is 9.26. The van der Waals surface area contributed by atoms with Crippen LogP contribution < -0.4 is 0 Å². The minimum Gasteiger partial charge on any atom is -0.299 e. The molecule has 2 unspecified atom stereocenters. The van der Waals surface area contributed by atoms with Gasteiger partial charge in [0.1, 0.15) is 11.6 Å². The van der Waals surface area contributed by atoms with Crippen molar-refractivity contribution < 1.29 is 9.59 Å². The van der Waals surface area contributed by atoms with Crippen LogP contribution in [-0.2, 0) is 9.59 Å². The molecule has 2 aliphatic carbocycles. The summed E-state index contributed by atoms with van der Waals surface area (Å²) < 4.78 is 0. The Kier molecular flexibility index (Phi) is 3.85. The summed E-state index contributed by atoms with van der Waals surface area (Å²) in [5.74, 6) is 1.29. The molecule has 2 nitrogen and oxygen atoms in total. The first-order chi connectivity index (χ1) is 6.27. The normalized spacial score (nSPS) is 32.9. The van der Waals surface area contributed by atoms with Gasteiger partial charge in [-0.15, -0.1) is 0 Å². The first kappa shape index (κ1) is 11.4. The zero-order valence-corrected chi connectivity index (χ0v) is 7.92. The van der Waals surface area contributed by atoms with E-state index in [-0.39, 0.29) is 19.3 Å². The molecule has 0 aromatic carbocycles. The molecule has 2 saturated carbocycles. The molecule has 2 rings (SSSR count). The van der Waals surface area contributed by atoms with E-state index in [1.807, 2.05) is 0 Å². The molecule has 0 radical (unpaired) electrons. The van der Waals surface area contributed by atoms with Gasteiger partial charge < -0.3 is 0 Å². The summed E-state index contributed by atoms with van der Waals surface area (Å²) in [6, 6.07) is 0. The second kappa shape index (κ2) is 4.72. The first-order valence-corrected chi connectivity index (χ1v) is 5.33. The molecule has 2 aliphatic rings. The Morgan fingerprint density at radius 3 is 1.71 bits per heavy atom. The SMILES string of the molecule is C.O=C1CCCCC(=O)C2CCC1C2. The fourth-order valence-corrected chi connectivity index (χ4v) is 2.57. The zero-order valence-electron chi connectivity index (χ0n) is 7.92. The Bertz CT molecular complexity index is 208. The Morgan fingerprint density at radius 2 is 1.29 bits per heavy atom. The monoisotopic (exact) mass is 196 g/mol. The van der Waals surface area contributed by atoms with Crippen molar-refractivity contribution in [3.63, 3.8) is 0 Å². The molecule has 0 aromatic rings. The van der Waals surface area contributed by atoms with Crippen molar-refractivity contribution >= 4 is 11.6 Å². The average Bonchev–Trinajstić information content (AvgIpc) is 2.60. The van der Waals surface area contributed by atoms with E-state index in [2.05, 4.69) is 0 Å². The number of ketones is 2. The van der Waals surface area contributed by atoms with Gasteiger partial charge in [0.2, 0.25) is 0 Å². The molecule has 0 aliphatic heterocycles. The Hall–Kier alpha value is -0.660. The van der Waals surface area contributed by atoms with E-state index in [1.165, 1.54) is 0 Å². The van der Waals surface area contributed by atoms with E-state index < -0.39 is 0 Å². The minimum atomic E-state index is 0. The number of hydrogen-bond donors (Lipinski definition) is 0. The van der Waals surface area contributed by atoms with Crippen molar-refractivity contribution in [1.82, 2.24) is 0 Å². The fourth-order valence-electron chi connectivity index (χ4n) is 2.57. The molecule has 0 heterocycles. The number of hydrogen-bond acceptors (Lipinski definition) is 2. The third-order valence-electron chi connectivity index (χ3n) is 3.44. The van der Waals surface area contributed by atoms with Crippen LogP contribution in [0.5, 0.6) is 0 Å². The average molecular weight is 196 g/mol. The van der Waals surface area contributed by atoms with Gasteiger partial charge >= 0.3 is 0 Å². The van der Waals surface area contributed by atoms with Crippen molar-refractivity contribution in [1.29, 1.82) is 0 Å². The van der Waals surface area contributed by atoms with E-state index in [0.29, 0.717) is 24.4 Å². The van der Waals surface area contributed by atoms with Crippen molar-refractivity contribution in [3.05, 3.63) is 0 Å². The first-order valence-electron chi connectivity index (χ1n) is 5.33. The lowest BCUT2D eigenvalue weighted by Crippen LogP contribution is -2.12. The van der Waals surface area contributed by atoms with Crippen LogP contribution in [0.25, 0.3) is 0 Å². The molecule has 0 spiro atoms. The number of fused-ring (bicyclic) bond motifs is 2. The molecule has 2 heteroatoms. The van der Waals surface area contributed by atoms with Gasteiger partial charge in [0.15, 0.2) is 0 Å². The molecular weight excluding hydrogens is 176 g/mol. The summed E-state index contributed by atoms with van der Waals surface area (Å²) in [4.78, 5) is 23.1. The van der Waals surface area contributed by atoms with E-state index in [9.17, 15) is 9.59 Å². The van der Waals surface area contributed by atoms with Crippen molar-refractivity contribution in [2.45, 2.75) is 52.4 Å². The van der Waals surface area contributed by atoms with Gasteiger partial charge in [-0.3, -0.25) is 9.59 Å². The van der Waals surface area contributed by atoms with Crippen LogP contribution in [-0.4, -0.2) is 11.6 Å². The standard InChI is InChI=1S/C11H16O2.CH4/c12-10-3-1-2-4-11(13)9-6-5-8(10)7-9;/h8-9H,1-7H2;1H4. The Labute approximate surface area is 86.1 Å². The van der Waals surface area contributed by atoms with Crippen molar-refractivity contribution in [2.24, 2.45) is 11.8 Å². The molecule has 0 saturated heterocycles. The van der Waals surface area contributed by atoms with Crippen LogP contribution >= 0.6 is 0 Å². The predicted octanol–water partition coefficient (Wildman–Crippen LogP) is 2.75. The van der Waals surface area contributed by atoms with Crippen LogP contribution in [0.3, 0.4) is 0 Å². The van der Waals surface area contributed by atoms with Crippen LogP contribution in [0.4, 0.5) is 0 Å². The summed E-state index contributed by atoms with van der Waals surface area (Å²) in [7, 11) is 0. The summed E-state index contributed by atoms with van der Waals surface area (Å²) in [5, 5.41) is 0. The number of Topliss-reactive ketones (excluding diaryl/α,β-unsaturated/α-hetero) is 2. The highest BCUT2D eigenvalue weighted by Crippen LogP contribution is 2.35. The third kappa shape index (κ3) is 2.23. The minimum absolute atomic E-state index is 0. The molecule has 2 fully saturated rings. The highest BCUT2D eigenvalue weighted by Gasteiger charge is 2.33. The fraction of sp³-hybridized carbons (Fsp3) is 0.833. The summed E-state index contributed by atoms with van der Waals surface area (Å²) in [5.41, 5.74) is 0. The number of rotatable bonds is 0. The smallest absolute Gasteiger partial charge is 0.136 e. The molecule has 2 atom stereocenters. The summed E-state index contributed by atoms with van der Waals surface area (Å²) >= 11 is 0. The molecule has 0 aromatic heterocycles. The second-order valence-electron chi connectivity index (χ2n) is 4.35. The van der Waals surface area contributed by atoms with Gasteiger partial charge in [-0.2, -0.15) is 0 Å². The maximum atomic E-state index is 11.6. The predicted molar refractivity (Wildman–Crippen MR) is 56.0 cm³/mol. The maximum absolute atomic E-state index is 11.6. The van der Waals surface area contributed by atoms with Gasteiger partial charge in [0, 0.05) is 24.7 Å². The van der Waals surface area contributed by atoms with Gasteiger partial charge in [0.25, 0.3) is 0 Å². The molecular formula is C12H20O2. The van der Waals surface area contributed by atoms with E-state index in [1.54, 1.807) is 0 Å². The highest BCUT2D eigenvalue weighted by atomic mass is 16.1. The largest absolute Gasteiger partial charge is 0.299 e. The number of carbonyl (C=O) groups excluding carboxylic acids is 2. The molecule has 0 N–H and O–H groups in total. The van der Waals surface area contributed by atoms with E-state index in [0.717, 1.165) is 32.1 Å². The molecule has 2 bridgehead atoms. The third-order valence-corrected chi connectivity index (χ3v) is 3.44. The van der Waals surface area contributed by atoms with Gasteiger partial charge in [-0.25, -0.2) is 0 Å². The Balaban J connectivity index is 0.000000980.